The molecule has 0 bridgehead atoms. The molecule has 2 unspecified atom stereocenters. The van der Waals surface area contributed by atoms with Gasteiger partial charge in [-0.25, -0.2) is 12.8 Å². The molecule has 3 rings (SSSR count). The molecule has 10 heteroatoms. The maximum atomic E-state index is 14.6. The van der Waals surface area contributed by atoms with E-state index in [4.69, 9.17) is 0 Å². The number of nitrogens with one attached hydrogen (secondary N) is 1. The molecule has 0 aliphatic carbocycles. The zero-order valence-electron chi connectivity index (χ0n) is 22.4. The summed E-state index contributed by atoms with van der Waals surface area (Å²) in [7, 11) is -4.18. The second-order valence-electron chi connectivity index (χ2n) is 9.41. The Labute approximate surface area is 238 Å². The number of rotatable bonds is 11. The molecule has 39 heavy (non-hydrogen) atoms. The third-order valence-electron chi connectivity index (χ3n) is 6.45. The fourth-order valence-corrected chi connectivity index (χ4v) is 5.65. The van der Waals surface area contributed by atoms with Crippen LogP contribution < -0.4 is 9.62 Å². The van der Waals surface area contributed by atoms with Crippen LogP contribution in [0.2, 0.25) is 0 Å². The van der Waals surface area contributed by atoms with Gasteiger partial charge in [0.2, 0.25) is 11.8 Å². The molecule has 1 N–H and O–H groups in total. The van der Waals surface area contributed by atoms with Gasteiger partial charge in [-0.3, -0.25) is 13.9 Å². The van der Waals surface area contributed by atoms with Gasteiger partial charge in [0.05, 0.1) is 10.6 Å². The molecule has 2 amide bonds. The summed E-state index contributed by atoms with van der Waals surface area (Å²) in [5, 5.41) is 2.85. The van der Waals surface area contributed by atoms with Crippen LogP contribution in [0.25, 0.3) is 0 Å². The quantitative estimate of drug-likeness (QED) is 0.311. The molecule has 0 radical (unpaired) electrons. The van der Waals surface area contributed by atoms with Crippen LogP contribution in [0.15, 0.2) is 82.2 Å². The number of benzene rings is 3. The fraction of sp³-hybridized carbons (Fsp3) is 0.310. The highest BCUT2D eigenvalue weighted by Gasteiger charge is 2.33. The molecule has 2 atom stereocenters. The summed E-state index contributed by atoms with van der Waals surface area (Å²) in [5.74, 6) is -1.59. The molecule has 0 aliphatic rings. The average molecular weight is 619 g/mol. The van der Waals surface area contributed by atoms with Crippen molar-refractivity contribution in [2.24, 2.45) is 0 Å². The van der Waals surface area contributed by atoms with E-state index in [2.05, 4.69) is 21.2 Å². The van der Waals surface area contributed by atoms with Crippen LogP contribution in [0.3, 0.4) is 0 Å². The van der Waals surface area contributed by atoms with Crippen molar-refractivity contribution in [2.75, 3.05) is 10.8 Å². The van der Waals surface area contributed by atoms with Gasteiger partial charge in [0.25, 0.3) is 10.0 Å². The molecular formula is C29H33BrFN3O4S. The molecule has 0 saturated carbocycles. The lowest BCUT2D eigenvalue weighted by atomic mass is 10.1. The van der Waals surface area contributed by atoms with Gasteiger partial charge >= 0.3 is 0 Å². The smallest absolute Gasteiger partial charge is 0.264 e. The summed E-state index contributed by atoms with van der Waals surface area (Å²) >= 11 is 3.37. The van der Waals surface area contributed by atoms with Crippen molar-refractivity contribution in [3.8, 4) is 0 Å². The number of nitrogens with zero attached hydrogens (tertiary/aromatic N) is 2. The highest BCUT2D eigenvalue weighted by Crippen LogP contribution is 2.27. The molecular weight excluding hydrogens is 585 g/mol. The number of amides is 2. The van der Waals surface area contributed by atoms with Gasteiger partial charge in [-0.05, 0) is 63.6 Å². The van der Waals surface area contributed by atoms with Crippen molar-refractivity contribution in [2.45, 2.75) is 57.6 Å². The van der Waals surface area contributed by atoms with Crippen molar-refractivity contribution >= 4 is 43.5 Å². The number of carbonyl (C=O) groups excluding carboxylic acids is 2. The number of sulfonamides is 1. The molecule has 3 aromatic carbocycles. The minimum absolute atomic E-state index is 0.0177. The molecule has 208 valence electrons. The van der Waals surface area contributed by atoms with Crippen LogP contribution in [0.1, 0.15) is 38.3 Å². The van der Waals surface area contributed by atoms with Crippen molar-refractivity contribution < 1.29 is 22.4 Å². The number of hydrogen-bond donors (Lipinski definition) is 1. The Morgan fingerprint density at radius 1 is 1.00 bits per heavy atom. The van der Waals surface area contributed by atoms with Crippen molar-refractivity contribution in [3.63, 3.8) is 0 Å². The summed E-state index contributed by atoms with van der Waals surface area (Å²) < 4.78 is 43.9. The Bertz CT molecular complexity index is 1420. The van der Waals surface area contributed by atoms with E-state index in [1.807, 2.05) is 20.8 Å². The highest BCUT2D eigenvalue weighted by atomic mass is 79.9. The first kappa shape index (κ1) is 30.3. The number of halogens is 2. The predicted octanol–water partition coefficient (Wildman–Crippen LogP) is 5.42. The van der Waals surface area contributed by atoms with E-state index in [1.165, 1.54) is 35.2 Å². The lowest BCUT2D eigenvalue weighted by Gasteiger charge is -2.32. The molecule has 0 heterocycles. The van der Waals surface area contributed by atoms with Gasteiger partial charge in [0.1, 0.15) is 18.4 Å². The Morgan fingerprint density at radius 2 is 1.67 bits per heavy atom. The number of anilines is 1. The average Bonchev–Trinajstić information content (AvgIpc) is 2.90. The molecule has 0 fully saturated rings. The lowest BCUT2D eigenvalue weighted by molar-refractivity contribution is -0.139. The van der Waals surface area contributed by atoms with Crippen molar-refractivity contribution in [1.82, 2.24) is 10.2 Å². The van der Waals surface area contributed by atoms with Gasteiger partial charge in [0.15, 0.2) is 0 Å². The number of carbonyl (C=O) groups is 2. The first-order valence-corrected chi connectivity index (χ1v) is 14.9. The topological polar surface area (TPSA) is 86.8 Å². The minimum Gasteiger partial charge on any atom is -0.352 e. The van der Waals surface area contributed by atoms with E-state index in [-0.39, 0.29) is 28.7 Å². The Morgan fingerprint density at radius 3 is 2.28 bits per heavy atom. The van der Waals surface area contributed by atoms with Crippen molar-refractivity contribution in [1.29, 1.82) is 0 Å². The van der Waals surface area contributed by atoms with E-state index in [0.717, 1.165) is 9.87 Å². The third-order valence-corrected chi connectivity index (χ3v) is 8.73. The van der Waals surface area contributed by atoms with Crippen LogP contribution >= 0.6 is 15.9 Å². The second-order valence-corrected chi connectivity index (χ2v) is 12.2. The molecule has 0 aromatic heterocycles. The largest absolute Gasteiger partial charge is 0.352 e. The zero-order chi connectivity index (χ0) is 28.7. The first-order valence-electron chi connectivity index (χ1n) is 12.6. The lowest BCUT2D eigenvalue weighted by Crippen LogP contribution is -2.52. The maximum Gasteiger partial charge on any atom is 0.264 e. The number of aryl methyl sites for hydroxylation is 1. The summed E-state index contributed by atoms with van der Waals surface area (Å²) in [6.45, 7) is 6.35. The molecule has 0 spiro atoms. The Kier molecular flexibility index (Phi) is 10.3. The molecule has 3 aromatic rings. The standard InChI is InChI=1S/C29H33BrFN3O4S/c1-5-21(3)32-29(36)22(4)33(18-23-9-6-7-12-27(23)31)28(35)19-34(25-11-8-10-24(30)17-25)39(37,38)26-15-13-20(2)14-16-26/h6-17,21-22H,5,18-19H2,1-4H3,(H,32,36). The van der Waals surface area contributed by atoms with Crippen LogP contribution in [-0.4, -0.2) is 43.8 Å². The van der Waals surface area contributed by atoms with E-state index in [1.54, 1.807) is 49.4 Å². The summed E-state index contributed by atoms with van der Waals surface area (Å²) in [6, 6.07) is 17.8. The summed E-state index contributed by atoms with van der Waals surface area (Å²) in [5.41, 5.74) is 1.36. The summed E-state index contributed by atoms with van der Waals surface area (Å²) in [4.78, 5) is 28.1. The Hall–Kier alpha value is -3.24. The summed E-state index contributed by atoms with van der Waals surface area (Å²) in [6.07, 6.45) is 0.686. The number of hydrogen-bond acceptors (Lipinski definition) is 4. The van der Waals surface area contributed by atoms with Gasteiger partial charge in [0, 0.05) is 22.6 Å². The monoisotopic (exact) mass is 617 g/mol. The molecule has 0 aliphatic heterocycles. The van der Waals surface area contributed by atoms with Gasteiger partial charge < -0.3 is 10.2 Å². The van der Waals surface area contributed by atoms with Crippen LogP contribution in [0, 0.1) is 12.7 Å². The predicted molar refractivity (Wildman–Crippen MR) is 154 cm³/mol. The van der Waals surface area contributed by atoms with Crippen LogP contribution in [0.4, 0.5) is 10.1 Å². The highest BCUT2D eigenvalue weighted by molar-refractivity contribution is 9.10. The molecule has 7 nitrogen and oxygen atoms in total. The fourth-order valence-electron chi connectivity index (χ4n) is 3.86. The maximum absolute atomic E-state index is 14.6. The first-order chi connectivity index (χ1) is 18.4. The zero-order valence-corrected chi connectivity index (χ0v) is 24.8. The van der Waals surface area contributed by atoms with Crippen molar-refractivity contribution in [3.05, 3.63) is 94.2 Å². The van der Waals surface area contributed by atoms with Gasteiger partial charge in [-0.15, -0.1) is 0 Å². The van der Waals surface area contributed by atoms with Gasteiger partial charge in [-0.2, -0.15) is 0 Å². The van der Waals surface area contributed by atoms with Crippen LogP contribution in [0.5, 0.6) is 0 Å². The Balaban J connectivity index is 2.04. The SMILES string of the molecule is CCC(C)NC(=O)C(C)N(Cc1ccccc1F)C(=O)CN(c1cccc(Br)c1)S(=O)(=O)c1ccc(C)cc1. The van der Waals surface area contributed by atoms with E-state index in [9.17, 15) is 22.4 Å². The third kappa shape index (κ3) is 7.67. The van der Waals surface area contributed by atoms with E-state index < -0.39 is 40.2 Å². The minimum atomic E-state index is -4.18. The molecule has 0 saturated heterocycles. The second kappa shape index (κ2) is 13.2. The van der Waals surface area contributed by atoms with Gasteiger partial charge in [-0.1, -0.05) is 64.8 Å². The van der Waals surface area contributed by atoms with E-state index in [0.29, 0.717) is 10.9 Å². The van der Waals surface area contributed by atoms with Crippen LogP contribution in [-0.2, 0) is 26.2 Å². The van der Waals surface area contributed by atoms with E-state index >= 15 is 0 Å². The normalized spacial score (nSPS) is 12.9.